The number of rotatable bonds is 1. The molecule has 0 atom stereocenters. The van der Waals surface area contributed by atoms with Gasteiger partial charge < -0.3 is 15.3 Å². The normalized spacial score (nSPS) is 8.47. The number of aromatic carboxylic acids is 1. The molecule has 0 fully saturated rings. The van der Waals surface area contributed by atoms with E-state index in [0.717, 1.165) is 12.1 Å². The summed E-state index contributed by atoms with van der Waals surface area (Å²) in [6, 6.07) is 3.40. The van der Waals surface area contributed by atoms with Crippen molar-refractivity contribution in [3.05, 3.63) is 23.3 Å². The molecular formula is C10H5NO4. The van der Waals surface area contributed by atoms with Gasteiger partial charge in [0.15, 0.2) is 6.07 Å². The molecule has 0 heterocycles. The van der Waals surface area contributed by atoms with Crippen LogP contribution in [0.3, 0.4) is 0 Å². The minimum atomic E-state index is -1.28. The first-order chi connectivity index (χ1) is 7.06. The fourth-order valence-electron chi connectivity index (χ4n) is 0.954. The van der Waals surface area contributed by atoms with Gasteiger partial charge in [-0.15, -0.1) is 0 Å². The fourth-order valence-corrected chi connectivity index (χ4v) is 0.954. The molecule has 1 aromatic carbocycles. The summed E-state index contributed by atoms with van der Waals surface area (Å²) in [5, 5.41) is 35.4. The molecule has 0 saturated carbocycles. The van der Waals surface area contributed by atoms with Gasteiger partial charge >= 0.3 is 5.97 Å². The highest BCUT2D eigenvalue weighted by Crippen LogP contribution is 2.27. The first kappa shape index (κ1) is 10.4. The highest BCUT2D eigenvalue weighted by atomic mass is 16.4. The first-order valence-corrected chi connectivity index (χ1v) is 3.75. The summed E-state index contributed by atoms with van der Waals surface area (Å²) in [7, 11) is 0. The number of phenols is 2. The second-order valence-electron chi connectivity index (χ2n) is 2.56. The predicted octanol–water partition coefficient (Wildman–Crippen LogP) is 0.671. The van der Waals surface area contributed by atoms with Crippen molar-refractivity contribution in [1.29, 1.82) is 5.26 Å². The summed E-state index contributed by atoms with van der Waals surface area (Å²) in [6.45, 7) is 0. The predicted molar refractivity (Wildman–Crippen MR) is 49.2 cm³/mol. The highest BCUT2D eigenvalue weighted by molar-refractivity contribution is 5.89. The molecule has 5 nitrogen and oxygen atoms in total. The average Bonchev–Trinajstić information content (AvgIpc) is 2.16. The van der Waals surface area contributed by atoms with Gasteiger partial charge in [0.05, 0.1) is 5.56 Å². The Morgan fingerprint density at radius 3 is 2.20 bits per heavy atom. The van der Waals surface area contributed by atoms with Crippen molar-refractivity contribution < 1.29 is 20.1 Å². The number of benzene rings is 1. The summed E-state index contributed by atoms with van der Waals surface area (Å²) in [5.41, 5.74) is -0.422. The van der Waals surface area contributed by atoms with Crippen LogP contribution in [0.4, 0.5) is 0 Å². The molecule has 1 aromatic rings. The Hall–Kier alpha value is -2.66. The standard InChI is InChI=1S/C10H5NO4/c11-3-1-2-7-8(12)4-6(10(14)15)5-9(7)13/h4-5,12-13H,(H,14,15). The molecule has 1 rings (SSSR count). The van der Waals surface area contributed by atoms with Crippen molar-refractivity contribution in [2.24, 2.45) is 0 Å². The summed E-state index contributed by atoms with van der Waals surface area (Å²) in [4.78, 5) is 10.5. The van der Waals surface area contributed by atoms with Crippen LogP contribution in [0.15, 0.2) is 12.1 Å². The third-order valence-electron chi connectivity index (χ3n) is 1.59. The Labute approximate surface area is 84.8 Å². The fraction of sp³-hybridized carbons (Fsp3) is 0. The zero-order chi connectivity index (χ0) is 11.4. The van der Waals surface area contributed by atoms with Gasteiger partial charge in [0.25, 0.3) is 0 Å². The molecule has 0 unspecified atom stereocenters. The van der Waals surface area contributed by atoms with Gasteiger partial charge in [0, 0.05) is 5.92 Å². The Balaban J connectivity index is 3.35. The second kappa shape index (κ2) is 4.03. The zero-order valence-electron chi connectivity index (χ0n) is 7.35. The number of carbonyl (C=O) groups is 1. The molecule has 0 spiro atoms. The smallest absolute Gasteiger partial charge is 0.335 e. The molecule has 0 bridgehead atoms. The van der Waals surface area contributed by atoms with Crippen LogP contribution < -0.4 is 0 Å². The Morgan fingerprint density at radius 2 is 1.80 bits per heavy atom. The number of carboxylic acids is 1. The van der Waals surface area contributed by atoms with Gasteiger partial charge in [0.1, 0.15) is 17.1 Å². The van der Waals surface area contributed by atoms with Gasteiger partial charge in [0.2, 0.25) is 0 Å². The largest absolute Gasteiger partial charge is 0.506 e. The van der Waals surface area contributed by atoms with Gasteiger partial charge in [-0.05, 0) is 18.1 Å². The van der Waals surface area contributed by atoms with Crippen molar-refractivity contribution in [2.75, 3.05) is 0 Å². The number of carboxylic acid groups (broad SMARTS) is 1. The molecule has 5 heteroatoms. The lowest BCUT2D eigenvalue weighted by Crippen LogP contribution is -1.96. The minimum absolute atomic E-state index is 0.165. The zero-order valence-corrected chi connectivity index (χ0v) is 7.35. The molecule has 15 heavy (non-hydrogen) atoms. The molecule has 0 aliphatic carbocycles. The molecule has 0 aromatic heterocycles. The average molecular weight is 203 g/mol. The van der Waals surface area contributed by atoms with E-state index in [1.807, 2.05) is 5.92 Å². The van der Waals surface area contributed by atoms with Crippen LogP contribution in [-0.4, -0.2) is 21.3 Å². The van der Waals surface area contributed by atoms with E-state index in [4.69, 9.17) is 10.4 Å². The third kappa shape index (κ3) is 2.17. The Bertz CT molecular complexity index is 493. The summed E-state index contributed by atoms with van der Waals surface area (Å²) >= 11 is 0. The number of phenolic OH excluding ortho intramolecular Hbond substituents is 2. The van der Waals surface area contributed by atoms with Crippen molar-refractivity contribution in [1.82, 2.24) is 0 Å². The van der Waals surface area contributed by atoms with Gasteiger partial charge in [-0.3, -0.25) is 0 Å². The number of hydrogen-bond donors (Lipinski definition) is 3. The maximum atomic E-state index is 10.5. The summed E-state index contributed by atoms with van der Waals surface area (Å²) in [5.74, 6) is 1.95. The van der Waals surface area contributed by atoms with E-state index in [0.29, 0.717) is 0 Å². The lowest BCUT2D eigenvalue weighted by atomic mass is 10.1. The maximum absolute atomic E-state index is 10.5. The lowest BCUT2D eigenvalue weighted by Gasteiger charge is -2.02. The van der Waals surface area contributed by atoms with Crippen LogP contribution in [0.25, 0.3) is 0 Å². The monoisotopic (exact) mass is 203 g/mol. The quantitative estimate of drug-likeness (QED) is 0.582. The van der Waals surface area contributed by atoms with E-state index in [1.165, 1.54) is 6.07 Å². The number of nitriles is 1. The van der Waals surface area contributed by atoms with E-state index in [1.54, 1.807) is 0 Å². The van der Waals surface area contributed by atoms with E-state index in [2.05, 4.69) is 5.92 Å². The number of hydrogen-bond acceptors (Lipinski definition) is 4. The third-order valence-corrected chi connectivity index (χ3v) is 1.59. The first-order valence-electron chi connectivity index (χ1n) is 3.75. The van der Waals surface area contributed by atoms with Gasteiger partial charge in [-0.1, -0.05) is 0 Å². The molecular weight excluding hydrogens is 198 g/mol. The SMILES string of the molecule is N#CC#Cc1c(O)cc(C(=O)O)cc1O. The minimum Gasteiger partial charge on any atom is -0.506 e. The highest BCUT2D eigenvalue weighted by Gasteiger charge is 2.11. The van der Waals surface area contributed by atoms with E-state index in [9.17, 15) is 15.0 Å². The van der Waals surface area contributed by atoms with Crippen LogP contribution in [0.5, 0.6) is 11.5 Å². The van der Waals surface area contributed by atoms with E-state index in [-0.39, 0.29) is 11.1 Å². The lowest BCUT2D eigenvalue weighted by molar-refractivity contribution is 0.0696. The van der Waals surface area contributed by atoms with Crippen LogP contribution in [0, 0.1) is 23.2 Å². The maximum Gasteiger partial charge on any atom is 0.335 e. The molecule has 3 N–H and O–H groups in total. The topological polar surface area (TPSA) is 102 Å². The van der Waals surface area contributed by atoms with E-state index < -0.39 is 17.5 Å². The van der Waals surface area contributed by atoms with Gasteiger partial charge in [-0.2, -0.15) is 5.26 Å². The van der Waals surface area contributed by atoms with Crippen LogP contribution in [0.2, 0.25) is 0 Å². The van der Waals surface area contributed by atoms with Crippen molar-refractivity contribution in [3.63, 3.8) is 0 Å². The molecule has 0 amide bonds. The summed E-state index contributed by atoms with van der Waals surface area (Å²) in [6.07, 6.45) is 0. The number of nitrogens with zero attached hydrogens (tertiary/aromatic N) is 1. The summed E-state index contributed by atoms with van der Waals surface area (Å²) < 4.78 is 0. The molecule has 0 aliphatic heterocycles. The molecule has 0 aliphatic rings. The van der Waals surface area contributed by atoms with Crippen LogP contribution in [0.1, 0.15) is 15.9 Å². The second-order valence-corrected chi connectivity index (χ2v) is 2.56. The van der Waals surface area contributed by atoms with Crippen molar-refractivity contribution in [2.45, 2.75) is 0 Å². The Morgan fingerprint density at radius 1 is 1.27 bits per heavy atom. The number of aromatic hydroxyl groups is 2. The molecule has 74 valence electrons. The van der Waals surface area contributed by atoms with E-state index >= 15 is 0 Å². The van der Waals surface area contributed by atoms with Crippen molar-refractivity contribution in [3.8, 4) is 29.4 Å². The molecule has 0 radical (unpaired) electrons. The van der Waals surface area contributed by atoms with Crippen LogP contribution in [-0.2, 0) is 0 Å². The molecule has 0 saturated heterocycles. The van der Waals surface area contributed by atoms with Gasteiger partial charge in [-0.25, -0.2) is 4.79 Å². The van der Waals surface area contributed by atoms with Crippen molar-refractivity contribution >= 4 is 5.97 Å². The van der Waals surface area contributed by atoms with Crippen LogP contribution >= 0.6 is 0 Å². The Kier molecular flexibility index (Phi) is 2.80.